The van der Waals surface area contributed by atoms with E-state index in [-0.39, 0.29) is 38.8 Å². The molecule has 2 unspecified atom stereocenters. The Bertz CT molecular complexity index is 1270. The first-order chi connectivity index (χ1) is 17.4. The Morgan fingerprint density at radius 1 is 1.22 bits per heavy atom. The maximum Gasteiger partial charge on any atom is 0.509 e. The smallest absolute Gasteiger partial charge is 0.434 e. The fourth-order valence-corrected chi connectivity index (χ4v) is 3.72. The van der Waals surface area contributed by atoms with Crippen molar-refractivity contribution in [3.05, 3.63) is 44.2 Å². The summed E-state index contributed by atoms with van der Waals surface area (Å²) in [5.41, 5.74) is -0.200. The highest BCUT2D eigenvalue weighted by Crippen LogP contribution is 2.40. The Balaban J connectivity index is 1.89. The molecule has 0 saturated carbocycles. The lowest BCUT2D eigenvalue weighted by atomic mass is 10.1. The summed E-state index contributed by atoms with van der Waals surface area (Å²) in [4.78, 5) is 24.6. The van der Waals surface area contributed by atoms with Crippen molar-refractivity contribution in [2.75, 3.05) is 11.7 Å². The molecule has 2 atom stereocenters. The van der Waals surface area contributed by atoms with Crippen molar-refractivity contribution in [3.8, 4) is 17.7 Å². The summed E-state index contributed by atoms with van der Waals surface area (Å²) in [7, 11) is 0. The molecule has 0 aliphatic carbocycles. The van der Waals surface area contributed by atoms with Gasteiger partial charge in [0, 0.05) is 11.6 Å². The number of carbonyl (C=O) groups excluding carboxylic acids is 1. The molecule has 15 heteroatoms. The SMILES string of the molecule is CC(C)OC(=O)OCN1C(O)C(C#N)=NN(c2cc(Cl)c(Oc3cc(C(C)C)c(=O)[nH]n3)c(Cl)c2)C1O. The topological polar surface area (TPSA) is 174 Å². The van der Waals surface area contributed by atoms with E-state index in [1.807, 2.05) is 13.8 Å². The number of carbonyl (C=O) groups is 1. The van der Waals surface area contributed by atoms with Crippen LogP contribution < -0.4 is 15.3 Å². The van der Waals surface area contributed by atoms with Gasteiger partial charge >= 0.3 is 6.16 Å². The molecule has 0 fully saturated rings. The van der Waals surface area contributed by atoms with Gasteiger partial charge in [-0.2, -0.15) is 15.3 Å². The number of hydrogen-bond donors (Lipinski definition) is 3. The Morgan fingerprint density at radius 2 is 1.86 bits per heavy atom. The van der Waals surface area contributed by atoms with Gasteiger partial charge in [0.05, 0.1) is 21.8 Å². The highest BCUT2D eigenvalue weighted by molar-refractivity contribution is 6.37. The van der Waals surface area contributed by atoms with E-state index in [0.717, 1.165) is 9.91 Å². The number of ether oxygens (including phenoxy) is 3. The lowest BCUT2D eigenvalue weighted by molar-refractivity contribution is -0.126. The molecule has 1 aliphatic heterocycles. The van der Waals surface area contributed by atoms with Crippen LogP contribution in [0.1, 0.15) is 39.2 Å². The molecular weight excluding hydrogens is 531 g/mol. The Labute approximate surface area is 221 Å². The van der Waals surface area contributed by atoms with Gasteiger partial charge < -0.3 is 24.4 Å². The second-order valence-electron chi connectivity index (χ2n) is 8.35. The van der Waals surface area contributed by atoms with E-state index in [2.05, 4.69) is 15.3 Å². The molecule has 13 nitrogen and oxygen atoms in total. The molecule has 2 heterocycles. The van der Waals surface area contributed by atoms with Crippen molar-refractivity contribution < 1.29 is 29.2 Å². The predicted molar refractivity (Wildman–Crippen MR) is 132 cm³/mol. The van der Waals surface area contributed by atoms with E-state index in [4.69, 9.17) is 37.4 Å². The molecule has 0 spiro atoms. The van der Waals surface area contributed by atoms with Crippen LogP contribution in [0.4, 0.5) is 10.5 Å². The third-order valence-corrected chi connectivity index (χ3v) is 5.51. The van der Waals surface area contributed by atoms with E-state index in [1.54, 1.807) is 19.9 Å². The zero-order chi connectivity index (χ0) is 27.4. The van der Waals surface area contributed by atoms with Crippen LogP contribution in [-0.2, 0) is 9.47 Å². The van der Waals surface area contributed by atoms with Crippen molar-refractivity contribution in [3.63, 3.8) is 0 Å². The number of aliphatic hydroxyl groups excluding tert-OH is 2. The number of aromatic amines is 1. The second kappa shape index (κ2) is 11.8. The molecule has 0 radical (unpaired) electrons. The maximum absolute atomic E-state index is 11.9. The zero-order valence-electron chi connectivity index (χ0n) is 20.2. The van der Waals surface area contributed by atoms with Gasteiger partial charge in [0.1, 0.15) is 6.07 Å². The van der Waals surface area contributed by atoms with E-state index in [0.29, 0.717) is 5.56 Å². The fraction of sp³-hybridized carbons (Fsp3) is 0.409. The number of nitrogens with zero attached hydrogens (tertiary/aromatic N) is 5. The van der Waals surface area contributed by atoms with Crippen LogP contribution in [0.2, 0.25) is 10.0 Å². The average Bonchev–Trinajstić information content (AvgIpc) is 2.81. The van der Waals surface area contributed by atoms with Crippen molar-refractivity contribution in [1.29, 1.82) is 5.26 Å². The van der Waals surface area contributed by atoms with Gasteiger partial charge in [0.25, 0.3) is 5.56 Å². The zero-order valence-corrected chi connectivity index (χ0v) is 21.7. The fourth-order valence-electron chi connectivity index (χ4n) is 3.17. The van der Waals surface area contributed by atoms with Gasteiger partial charge in [0.2, 0.25) is 12.2 Å². The number of hydrogen-bond acceptors (Lipinski definition) is 12. The summed E-state index contributed by atoms with van der Waals surface area (Å²) in [6.45, 7) is 6.27. The molecule has 1 aromatic heterocycles. The number of benzene rings is 1. The van der Waals surface area contributed by atoms with E-state index >= 15 is 0 Å². The van der Waals surface area contributed by atoms with E-state index in [1.165, 1.54) is 18.2 Å². The first kappa shape index (κ1) is 28.2. The van der Waals surface area contributed by atoms with Crippen molar-refractivity contribution >= 4 is 40.8 Å². The average molecular weight is 555 g/mol. The first-order valence-electron chi connectivity index (χ1n) is 10.9. The number of aromatic nitrogens is 2. The van der Waals surface area contributed by atoms with Gasteiger partial charge in [-0.05, 0) is 31.9 Å². The predicted octanol–water partition coefficient (Wildman–Crippen LogP) is 3.11. The summed E-state index contributed by atoms with van der Waals surface area (Å²) in [6, 6.07) is 5.86. The number of aliphatic hydroxyl groups is 2. The molecule has 2 aromatic rings. The second-order valence-corrected chi connectivity index (χ2v) is 9.17. The maximum atomic E-state index is 11.9. The number of anilines is 1. The Hall–Kier alpha value is -3.41. The highest BCUT2D eigenvalue weighted by Gasteiger charge is 2.38. The minimum absolute atomic E-state index is 0.00831. The van der Waals surface area contributed by atoms with Gasteiger partial charge in [-0.1, -0.05) is 37.0 Å². The van der Waals surface area contributed by atoms with Crippen molar-refractivity contribution in [2.24, 2.45) is 5.10 Å². The molecule has 0 bridgehead atoms. The van der Waals surface area contributed by atoms with Gasteiger partial charge in [-0.25, -0.2) is 14.9 Å². The van der Waals surface area contributed by atoms with Gasteiger partial charge in [0.15, 0.2) is 24.4 Å². The lowest BCUT2D eigenvalue weighted by Gasteiger charge is -2.39. The summed E-state index contributed by atoms with van der Waals surface area (Å²) in [6.07, 6.45) is -4.87. The summed E-state index contributed by atoms with van der Waals surface area (Å²) < 4.78 is 15.5. The molecular formula is C22H24Cl2N6O7. The molecule has 0 saturated heterocycles. The minimum atomic E-state index is -1.70. The first-order valence-corrected chi connectivity index (χ1v) is 11.7. The molecule has 1 aromatic carbocycles. The number of nitrogens with one attached hydrogen (secondary N) is 1. The lowest BCUT2D eigenvalue weighted by Crippen LogP contribution is -2.58. The van der Waals surface area contributed by atoms with Crippen molar-refractivity contribution in [1.82, 2.24) is 15.1 Å². The number of rotatable bonds is 7. The molecule has 1 aliphatic rings. The number of nitriles is 1. The van der Waals surface area contributed by atoms with Crippen LogP contribution >= 0.6 is 23.2 Å². The molecule has 3 rings (SSSR count). The number of halogens is 2. The monoisotopic (exact) mass is 554 g/mol. The molecule has 37 heavy (non-hydrogen) atoms. The summed E-state index contributed by atoms with van der Waals surface area (Å²) in [5.74, 6) is -0.0407. The summed E-state index contributed by atoms with van der Waals surface area (Å²) in [5, 5.41) is 41.7. The van der Waals surface area contributed by atoms with Gasteiger partial charge in [-0.15, -0.1) is 5.10 Å². The van der Waals surface area contributed by atoms with Crippen LogP contribution in [0.5, 0.6) is 11.6 Å². The van der Waals surface area contributed by atoms with E-state index in [9.17, 15) is 25.1 Å². The van der Waals surface area contributed by atoms with E-state index < -0.39 is 37.3 Å². The van der Waals surface area contributed by atoms with Crippen LogP contribution in [-0.4, -0.2) is 62.6 Å². The largest absolute Gasteiger partial charge is 0.509 e. The normalized spacial score (nSPS) is 18.0. The van der Waals surface area contributed by atoms with Crippen LogP contribution in [0.15, 0.2) is 28.1 Å². The minimum Gasteiger partial charge on any atom is -0.434 e. The summed E-state index contributed by atoms with van der Waals surface area (Å²) >= 11 is 12.8. The van der Waals surface area contributed by atoms with Crippen LogP contribution in [0, 0.1) is 11.3 Å². The number of H-pyrrole nitrogens is 1. The quantitative estimate of drug-likeness (QED) is 0.428. The van der Waals surface area contributed by atoms with Crippen molar-refractivity contribution in [2.45, 2.75) is 52.3 Å². The third kappa shape index (κ3) is 6.48. The highest BCUT2D eigenvalue weighted by atomic mass is 35.5. The van der Waals surface area contributed by atoms with Crippen LogP contribution in [0.3, 0.4) is 0 Å². The standard InChI is InChI=1S/C22H24Cl2N6O7/c1-10(2)13-7-17(26-27-19(13)31)37-18-14(23)5-12(6-15(18)24)30-21(33)29(20(32)16(8-25)28-30)9-35-22(34)36-11(3)4/h5-7,10-11,20-21,32-33H,9H2,1-4H3,(H,27,31). The van der Waals surface area contributed by atoms with Crippen LogP contribution in [0.25, 0.3) is 0 Å². The molecule has 3 N–H and O–H groups in total. The third-order valence-electron chi connectivity index (χ3n) is 4.95. The molecule has 198 valence electrons. The Kier molecular flexibility index (Phi) is 8.95. The Morgan fingerprint density at radius 3 is 2.43 bits per heavy atom. The van der Waals surface area contributed by atoms with Gasteiger partial charge in [-0.3, -0.25) is 4.79 Å². The molecule has 0 amide bonds. The number of hydrazone groups is 1.